The Labute approximate surface area is 134 Å². The van der Waals surface area contributed by atoms with Crippen molar-refractivity contribution in [2.75, 3.05) is 7.11 Å². The number of hydrogen-bond donors (Lipinski definition) is 1. The molecule has 1 aromatic carbocycles. The van der Waals surface area contributed by atoms with Crippen molar-refractivity contribution in [3.8, 4) is 11.3 Å². The molecular weight excluding hydrogens is 317 g/mol. The van der Waals surface area contributed by atoms with Gasteiger partial charge < -0.3 is 9.72 Å². The van der Waals surface area contributed by atoms with Crippen LogP contribution in [0, 0.1) is 5.82 Å². The van der Waals surface area contributed by atoms with Gasteiger partial charge in [0, 0.05) is 5.56 Å². The predicted octanol–water partition coefficient (Wildman–Crippen LogP) is 1.06. The summed E-state index contributed by atoms with van der Waals surface area (Å²) in [7, 11) is 1.16. The predicted molar refractivity (Wildman–Crippen MR) is 84.0 cm³/mol. The van der Waals surface area contributed by atoms with Crippen LogP contribution in [0.3, 0.4) is 0 Å². The summed E-state index contributed by atoms with van der Waals surface area (Å²) in [6.45, 7) is -0.511. The van der Waals surface area contributed by atoms with Crippen LogP contribution in [0.5, 0.6) is 0 Å². The highest BCUT2D eigenvalue weighted by Crippen LogP contribution is 2.18. The van der Waals surface area contributed by atoms with Gasteiger partial charge in [-0.2, -0.15) is 0 Å². The summed E-state index contributed by atoms with van der Waals surface area (Å²) in [4.78, 5) is 42.5. The number of nitrogens with one attached hydrogen (secondary N) is 1. The molecule has 0 bridgehead atoms. The van der Waals surface area contributed by atoms with E-state index < -0.39 is 23.8 Å². The number of aromatic nitrogens is 3. The van der Waals surface area contributed by atoms with Crippen molar-refractivity contribution >= 4 is 17.0 Å². The van der Waals surface area contributed by atoms with Gasteiger partial charge in [-0.15, -0.1) is 0 Å². The number of aromatic amines is 1. The summed E-state index contributed by atoms with van der Waals surface area (Å²) < 4.78 is 18.2. The number of carbonyl (C=O) groups excluding carboxylic acids is 1. The molecule has 3 aromatic rings. The third-order valence-corrected chi connectivity index (χ3v) is 3.48. The largest absolute Gasteiger partial charge is 0.468 e. The van der Waals surface area contributed by atoms with Crippen molar-refractivity contribution in [3.63, 3.8) is 0 Å². The number of halogens is 1. The number of ether oxygens (including phenoxy) is 1. The van der Waals surface area contributed by atoms with Gasteiger partial charge in [-0.1, -0.05) is 0 Å². The number of carbonyl (C=O) groups is 1. The zero-order valence-corrected chi connectivity index (χ0v) is 12.6. The number of pyridine rings is 1. The van der Waals surface area contributed by atoms with Crippen LogP contribution in [0.2, 0.25) is 0 Å². The first-order chi connectivity index (χ1) is 11.5. The zero-order chi connectivity index (χ0) is 17.3. The van der Waals surface area contributed by atoms with E-state index in [2.05, 4.69) is 14.7 Å². The minimum atomic E-state index is -0.728. The molecule has 0 unspecified atom stereocenters. The maximum Gasteiger partial charge on any atom is 0.329 e. The van der Waals surface area contributed by atoms with E-state index >= 15 is 0 Å². The van der Waals surface area contributed by atoms with Crippen LogP contribution in [-0.4, -0.2) is 27.6 Å². The van der Waals surface area contributed by atoms with Crippen molar-refractivity contribution in [1.82, 2.24) is 14.5 Å². The van der Waals surface area contributed by atoms with E-state index in [1.165, 1.54) is 30.3 Å². The highest BCUT2D eigenvalue weighted by atomic mass is 19.1. The quantitative estimate of drug-likeness (QED) is 0.725. The number of H-pyrrole nitrogens is 1. The Morgan fingerprint density at radius 2 is 1.92 bits per heavy atom. The summed E-state index contributed by atoms with van der Waals surface area (Å²) >= 11 is 0. The summed E-state index contributed by atoms with van der Waals surface area (Å²) in [5.41, 5.74) is -0.130. The highest BCUT2D eigenvalue weighted by molar-refractivity contribution is 5.77. The van der Waals surface area contributed by atoms with E-state index in [-0.39, 0.29) is 16.9 Å². The normalized spacial score (nSPS) is 10.8. The number of benzene rings is 1. The number of fused-ring (bicyclic) bond motifs is 1. The van der Waals surface area contributed by atoms with Crippen molar-refractivity contribution < 1.29 is 13.9 Å². The molecule has 0 radical (unpaired) electrons. The van der Waals surface area contributed by atoms with Gasteiger partial charge in [0.25, 0.3) is 5.56 Å². The maximum absolute atomic E-state index is 13.0. The molecule has 0 spiro atoms. The lowest BCUT2D eigenvalue weighted by atomic mass is 10.1. The lowest BCUT2D eigenvalue weighted by molar-refractivity contribution is -0.141. The van der Waals surface area contributed by atoms with E-state index in [1.54, 1.807) is 6.07 Å². The zero-order valence-electron chi connectivity index (χ0n) is 12.6. The lowest BCUT2D eigenvalue weighted by Crippen LogP contribution is -2.38. The summed E-state index contributed by atoms with van der Waals surface area (Å²) in [6, 6.07) is 8.76. The third kappa shape index (κ3) is 2.81. The van der Waals surface area contributed by atoms with Crippen LogP contribution >= 0.6 is 0 Å². The van der Waals surface area contributed by atoms with Crippen LogP contribution in [0.4, 0.5) is 4.39 Å². The van der Waals surface area contributed by atoms with Crippen LogP contribution in [0.15, 0.2) is 46.0 Å². The number of rotatable bonds is 3. The van der Waals surface area contributed by atoms with Crippen LogP contribution in [0.25, 0.3) is 22.3 Å². The molecule has 0 aliphatic heterocycles. The molecule has 0 aliphatic carbocycles. The number of esters is 1. The SMILES string of the molecule is COC(=O)Cn1c(=O)[nH]c2ccc(-c3ccc(F)cc3)nc2c1=O. The molecule has 0 saturated carbocycles. The fraction of sp³-hybridized carbons (Fsp3) is 0.125. The fourth-order valence-corrected chi connectivity index (χ4v) is 2.24. The molecule has 3 rings (SSSR count). The summed E-state index contributed by atoms with van der Waals surface area (Å²) in [5.74, 6) is -1.11. The number of hydrogen-bond acceptors (Lipinski definition) is 5. The van der Waals surface area contributed by atoms with Gasteiger partial charge >= 0.3 is 11.7 Å². The molecule has 0 saturated heterocycles. The molecule has 2 aromatic heterocycles. The van der Waals surface area contributed by atoms with Crippen molar-refractivity contribution in [1.29, 1.82) is 0 Å². The van der Waals surface area contributed by atoms with Crippen molar-refractivity contribution in [2.45, 2.75) is 6.54 Å². The first-order valence-electron chi connectivity index (χ1n) is 6.96. The Morgan fingerprint density at radius 1 is 1.21 bits per heavy atom. The molecule has 0 fully saturated rings. The van der Waals surface area contributed by atoms with Gasteiger partial charge in [-0.3, -0.25) is 9.59 Å². The van der Waals surface area contributed by atoms with Crippen LogP contribution < -0.4 is 11.2 Å². The Kier molecular flexibility index (Phi) is 3.95. The number of nitrogens with zero attached hydrogens (tertiary/aromatic N) is 2. The second-order valence-electron chi connectivity index (χ2n) is 5.00. The van der Waals surface area contributed by atoms with E-state index in [9.17, 15) is 18.8 Å². The van der Waals surface area contributed by atoms with E-state index in [1.807, 2.05) is 0 Å². The minimum Gasteiger partial charge on any atom is -0.468 e. The summed E-state index contributed by atoms with van der Waals surface area (Å²) in [5, 5.41) is 0. The molecule has 122 valence electrons. The highest BCUT2D eigenvalue weighted by Gasteiger charge is 2.13. The first kappa shape index (κ1) is 15.6. The fourth-order valence-electron chi connectivity index (χ4n) is 2.24. The summed E-state index contributed by atoms with van der Waals surface area (Å²) in [6.07, 6.45) is 0. The molecule has 7 nitrogen and oxygen atoms in total. The molecule has 0 atom stereocenters. The molecule has 0 amide bonds. The second-order valence-corrected chi connectivity index (χ2v) is 5.00. The van der Waals surface area contributed by atoms with Gasteiger partial charge in [-0.05, 0) is 36.4 Å². The lowest BCUT2D eigenvalue weighted by Gasteiger charge is -2.06. The van der Waals surface area contributed by atoms with Gasteiger partial charge in [0.2, 0.25) is 0 Å². The van der Waals surface area contributed by atoms with E-state index in [0.717, 1.165) is 11.7 Å². The standard InChI is InChI=1S/C16H12FN3O4/c1-24-13(21)8-20-15(22)14-12(19-16(20)23)7-6-11(18-14)9-2-4-10(17)5-3-9/h2-7H,8H2,1H3,(H,19,23). The first-order valence-corrected chi connectivity index (χ1v) is 6.96. The maximum atomic E-state index is 13.0. The van der Waals surface area contributed by atoms with E-state index in [0.29, 0.717) is 11.3 Å². The Hall–Kier alpha value is -3.29. The van der Waals surface area contributed by atoms with Gasteiger partial charge in [-0.25, -0.2) is 18.7 Å². The monoisotopic (exact) mass is 329 g/mol. The molecule has 24 heavy (non-hydrogen) atoms. The minimum absolute atomic E-state index is 0.000304. The van der Waals surface area contributed by atoms with Gasteiger partial charge in [0.1, 0.15) is 12.4 Å². The number of methoxy groups -OCH3 is 1. The van der Waals surface area contributed by atoms with Crippen molar-refractivity contribution in [2.24, 2.45) is 0 Å². The Morgan fingerprint density at radius 3 is 2.58 bits per heavy atom. The van der Waals surface area contributed by atoms with Gasteiger partial charge in [0.05, 0.1) is 18.3 Å². The Bertz CT molecular complexity index is 1040. The van der Waals surface area contributed by atoms with E-state index in [4.69, 9.17) is 0 Å². The average Bonchev–Trinajstić information content (AvgIpc) is 2.59. The topological polar surface area (TPSA) is 94.1 Å². The molecule has 8 heteroatoms. The van der Waals surface area contributed by atoms with Gasteiger partial charge in [0.15, 0.2) is 5.52 Å². The molecular formula is C16H12FN3O4. The third-order valence-electron chi connectivity index (χ3n) is 3.48. The average molecular weight is 329 g/mol. The molecule has 2 heterocycles. The Balaban J connectivity index is 2.18. The van der Waals surface area contributed by atoms with Crippen LogP contribution in [-0.2, 0) is 16.1 Å². The van der Waals surface area contributed by atoms with Crippen molar-refractivity contribution in [3.05, 3.63) is 63.1 Å². The smallest absolute Gasteiger partial charge is 0.329 e. The molecule has 1 N–H and O–H groups in total. The molecule has 0 aliphatic rings. The van der Waals surface area contributed by atoms with Crippen LogP contribution in [0.1, 0.15) is 0 Å². The second kappa shape index (κ2) is 6.07.